The van der Waals surface area contributed by atoms with E-state index in [1.807, 2.05) is 39.8 Å². The third kappa shape index (κ3) is 8.33. The number of hydrogen-bond acceptors (Lipinski definition) is 7. The maximum atomic E-state index is 14.5. The predicted molar refractivity (Wildman–Crippen MR) is 181 cm³/mol. The zero-order chi connectivity index (χ0) is 34.6. The lowest BCUT2D eigenvalue weighted by atomic mass is 9.85. The summed E-state index contributed by atoms with van der Waals surface area (Å²) in [5.74, 6) is -2.54. The van der Waals surface area contributed by atoms with Crippen LogP contribution >= 0.6 is 11.6 Å². The largest absolute Gasteiger partial charge is 0.387 e. The number of amides is 5. The summed E-state index contributed by atoms with van der Waals surface area (Å²) < 4.78 is 0. The highest BCUT2D eigenvalue weighted by atomic mass is 35.5. The first-order valence-corrected chi connectivity index (χ1v) is 16.8. The molecule has 12 nitrogen and oxygen atoms in total. The first-order valence-electron chi connectivity index (χ1n) is 16.4. The molecule has 2 fully saturated rings. The zero-order valence-electron chi connectivity index (χ0n) is 27.7. The zero-order valence-corrected chi connectivity index (χ0v) is 28.4. The maximum absolute atomic E-state index is 14.5. The molecule has 2 aromatic rings. The molecule has 13 heteroatoms. The fraction of sp³-hybridized carbons (Fsp3) is 0.486. The van der Waals surface area contributed by atoms with Crippen molar-refractivity contribution < 1.29 is 28.8 Å². The van der Waals surface area contributed by atoms with Crippen LogP contribution in [0.15, 0.2) is 59.8 Å². The first kappa shape index (κ1) is 34.9. The summed E-state index contributed by atoms with van der Waals surface area (Å²) in [4.78, 5) is 74.9. The van der Waals surface area contributed by atoms with Crippen molar-refractivity contribution in [3.8, 4) is 0 Å². The molecule has 1 saturated carbocycles. The van der Waals surface area contributed by atoms with Crippen molar-refractivity contribution in [3.05, 3.63) is 65.2 Å². The third-order valence-electron chi connectivity index (χ3n) is 8.75. The second-order valence-corrected chi connectivity index (χ2v) is 14.3. The molecular formula is C35H43ClN6O6. The SMILES string of the molecule is CCC[C@H](NC(=O)[C@@H]1C[C@]2(CC(c3cccc(Cl)c3)=NO2)CN1C(=O)[C@@H](NC(=O)Nc1ccccc1)C(C)(C)C)C(=O)C(=O)NC1CC1. The standard InChI is InChI=1S/C35H43ClN6O6/c1-5-10-25(28(43)31(45)37-24-15-16-24)39-30(44)27-19-35(18-26(41-48-35)21-11-9-12-22(36)17-21)20-42(27)32(46)29(34(2,3)4)40-33(47)38-23-13-7-6-8-14-23/h6-9,11-14,17,24-25,27,29H,5,10,15-16,18-20H2,1-4H3,(H,37,45)(H,39,44)(H2,38,40,47)/t25-,27-,29+,35+/m0/s1. The van der Waals surface area contributed by atoms with Crippen molar-refractivity contribution in [2.45, 2.75) is 96.0 Å². The Bertz CT molecular complexity index is 1590. The maximum Gasteiger partial charge on any atom is 0.319 e. The summed E-state index contributed by atoms with van der Waals surface area (Å²) in [6.45, 7) is 7.31. The van der Waals surface area contributed by atoms with E-state index in [9.17, 15) is 24.0 Å². The van der Waals surface area contributed by atoms with Gasteiger partial charge in [-0.1, -0.05) is 81.2 Å². The Hall–Kier alpha value is -4.45. The van der Waals surface area contributed by atoms with Crippen LogP contribution in [0.5, 0.6) is 0 Å². The van der Waals surface area contributed by atoms with Gasteiger partial charge < -0.3 is 31.0 Å². The van der Waals surface area contributed by atoms with Gasteiger partial charge >= 0.3 is 6.03 Å². The third-order valence-corrected chi connectivity index (χ3v) is 8.98. The summed E-state index contributed by atoms with van der Waals surface area (Å²) >= 11 is 6.23. The van der Waals surface area contributed by atoms with Crippen molar-refractivity contribution in [2.75, 3.05) is 11.9 Å². The van der Waals surface area contributed by atoms with Crippen molar-refractivity contribution in [1.82, 2.24) is 20.9 Å². The second-order valence-electron chi connectivity index (χ2n) is 13.9. The average molecular weight is 679 g/mol. The van der Waals surface area contributed by atoms with Crippen LogP contribution in [0.2, 0.25) is 5.02 Å². The van der Waals surface area contributed by atoms with Gasteiger partial charge in [-0.3, -0.25) is 19.2 Å². The lowest BCUT2D eigenvalue weighted by molar-refractivity contribution is -0.144. The number of para-hydroxylation sites is 1. The highest BCUT2D eigenvalue weighted by molar-refractivity contribution is 6.38. The molecule has 4 atom stereocenters. The highest BCUT2D eigenvalue weighted by Crippen LogP contribution is 2.40. The smallest absolute Gasteiger partial charge is 0.319 e. The molecule has 256 valence electrons. The molecule has 4 N–H and O–H groups in total. The minimum atomic E-state index is -1.08. The number of carbonyl (C=O) groups excluding carboxylic acids is 5. The van der Waals surface area contributed by atoms with E-state index in [0.29, 0.717) is 29.3 Å². The van der Waals surface area contributed by atoms with Crippen molar-refractivity contribution in [1.29, 1.82) is 0 Å². The van der Waals surface area contributed by atoms with Gasteiger partial charge in [0.05, 0.1) is 18.3 Å². The molecule has 0 radical (unpaired) electrons. The Kier molecular flexibility index (Phi) is 10.4. The van der Waals surface area contributed by atoms with Crippen LogP contribution in [0.25, 0.3) is 0 Å². The molecule has 2 aliphatic heterocycles. The average Bonchev–Trinajstić information content (AvgIpc) is 3.63. The van der Waals surface area contributed by atoms with Crippen molar-refractivity contribution >= 4 is 52.5 Å². The van der Waals surface area contributed by atoms with E-state index in [4.69, 9.17) is 16.4 Å². The molecule has 1 aliphatic carbocycles. The molecule has 2 aromatic carbocycles. The van der Waals surface area contributed by atoms with Crippen LogP contribution in [0.4, 0.5) is 10.5 Å². The summed E-state index contributed by atoms with van der Waals surface area (Å²) in [7, 11) is 0. The Balaban J connectivity index is 1.40. The fourth-order valence-electron chi connectivity index (χ4n) is 6.05. The Morgan fingerprint density at radius 2 is 1.77 bits per heavy atom. The van der Waals surface area contributed by atoms with E-state index in [1.165, 1.54) is 4.90 Å². The van der Waals surface area contributed by atoms with Gasteiger partial charge in [-0.2, -0.15) is 0 Å². The molecule has 2 heterocycles. The number of benzene rings is 2. The van der Waals surface area contributed by atoms with E-state index >= 15 is 0 Å². The molecule has 5 rings (SSSR count). The Morgan fingerprint density at radius 1 is 1.04 bits per heavy atom. The van der Waals surface area contributed by atoms with Gasteiger partial charge in [0.2, 0.25) is 17.6 Å². The number of nitrogens with one attached hydrogen (secondary N) is 4. The number of halogens is 1. The van der Waals surface area contributed by atoms with Crippen LogP contribution < -0.4 is 21.3 Å². The minimum Gasteiger partial charge on any atom is -0.387 e. The highest BCUT2D eigenvalue weighted by Gasteiger charge is 2.55. The summed E-state index contributed by atoms with van der Waals surface area (Å²) in [5, 5.41) is 15.9. The van der Waals surface area contributed by atoms with E-state index in [0.717, 1.165) is 18.4 Å². The van der Waals surface area contributed by atoms with Gasteiger partial charge in [-0.05, 0) is 48.9 Å². The number of ketones is 1. The van der Waals surface area contributed by atoms with Crippen LogP contribution in [0.1, 0.15) is 71.8 Å². The Labute approximate surface area is 285 Å². The molecule has 1 spiro atoms. The van der Waals surface area contributed by atoms with Crippen LogP contribution in [0, 0.1) is 5.41 Å². The normalized spacial score (nSPS) is 21.5. The number of rotatable bonds is 11. The van der Waals surface area contributed by atoms with Gasteiger partial charge in [-0.15, -0.1) is 0 Å². The molecular weight excluding hydrogens is 636 g/mol. The van der Waals surface area contributed by atoms with Crippen molar-refractivity contribution in [3.63, 3.8) is 0 Å². The number of urea groups is 1. The summed E-state index contributed by atoms with van der Waals surface area (Å²) in [5.41, 5.74) is 0.122. The van der Waals surface area contributed by atoms with E-state index in [1.54, 1.807) is 42.5 Å². The first-order chi connectivity index (χ1) is 22.8. The Morgan fingerprint density at radius 3 is 2.42 bits per heavy atom. The van der Waals surface area contributed by atoms with Gasteiger partial charge in [0.15, 0.2) is 5.60 Å². The predicted octanol–water partition coefficient (Wildman–Crippen LogP) is 4.17. The summed E-state index contributed by atoms with van der Waals surface area (Å²) in [6.07, 6.45) is 2.79. The van der Waals surface area contributed by atoms with Gasteiger partial charge in [0.25, 0.3) is 5.91 Å². The molecule has 0 bridgehead atoms. The number of oxime groups is 1. The monoisotopic (exact) mass is 678 g/mol. The number of carbonyl (C=O) groups is 5. The summed E-state index contributed by atoms with van der Waals surface area (Å²) in [6, 6.07) is 12.2. The second kappa shape index (κ2) is 14.3. The minimum absolute atomic E-state index is 0.000602. The van der Waals surface area contributed by atoms with Gasteiger partial charge in [0.1, 0.15) is 12.1 Å². The van der Waals surface area contributed by atoms with E-state index < -0.39 is 58.7 Å². The molecule has 0 unspecified atom stereocenters. The van der Waals surface area contributed by atoms with E-state index in [2.05, 4.69) is 26.4 Å². The number of nitrogens with zero attached hydrogens (tertiary/aromatic N) is 2. The molecule has 1 saturated heterocycles. The van der Waals surface area contributed by atoms with Crippen LogP contribution in [-0.2, 0) is 24.0 Å². The lowest BCUT2D eigenvalue weighted by Crippen LogP contribution is -2.59. The van der Waals surface area contributed by atoms with Crippen molar-refractivity contribution in [2.24, 2.45) is 10.6 Å². The molecule has 3 aliphatic rings. The van der Waals surface area contributed by atoms with Crippen LogP contribution in [0.3, 0.4) is 0 Å². The number of hydrogen-bond donors (Lipinski definition) is 4. The quantitative estimate of drug-likeness (QED) is 0.261. The van der Waals surface area contributed by atoms with Gasteiger partial charge in [0, 0.05) is 35.2 Å². The number of anilines is 1. The molecule has 48 heavy (non-hydrogen) atoms. The lowest BCUT2D eigenvalue weighted by Gasteiger charge is -2.35. The fourth-order valence-corrected chi connectivity index (χ4v) is 6.24. The molecule has 0 aromatic heterocycles. The van der Waals surface area contributed by atoms with Crippen LogP contribution in [-0.4, -0.2) is 76.5 Å². The number of Topliss-reactive ketones (excluding diaryl/α,β-unsaturated/α-hetero) is 1. The van der Waals surface area contributed by atoms with E-state index in [-0.39, 0.29) is 25.4 Å². The topological polar surface area (TPSA) is 158 Å². The van der Waals surface area contributed by atoms with Gasteiger partial charge in [-0.25, -0.2) is 4.79 Å². The number of likely N-dealkylation sites (tertiary alicyclic amines) is 1. The molecule has 5 amide bonds.